The van der Waals surface area contributed by atoms with Gasteiger partial charge in [0.2, 0.25) is 5.91 Å². The summed E-state index contributed by atoms with van der Waals surface area (Å²) in [4.78, 5) is 14.9. The maximum atomic E-state index is 12.7. The van der Waals surface area contributed by atoms with E-state index in [1.165, 1.54) is 32.1 Å². The monoisotopic (exact) mass is 252 g/mol. The van der Waals surface area contributed by atoms with Gasteiger partial charge in [0.1, 0.15) is 0 Å². The van der Waals surface area contributed by atoms with E-state index in [0.717, 1.165) is 25.9 Å². The van der Waals surface area contributed by atoms with E-state index in [4.69, 9.17) is 0 Å². The van der Waals surface area contributed by atoms with Crippen molar-refractivity contribution in [2.24, 2.45) is 5.92 Å². The smallest absolute Gasteiger partial charge is 0.226 e. The normalized spacial score (nSPS) is 33.4. The van der Waals surface area contributed by atoms with Crippen LogP contribution < -0.4 is 5.32 Å². The molecule has 2 saturated heterocycles. The van der Waals surface area contributed by atoms with Crippen molar-refractivity contribution in [1.29, 1.82) is 0 Å². The summed E-state index contributed by atoms with van der Waals surface area (Å²) in [6, 6.07) is 1.03. The van der Waals surface area contributed by atoms with Crippen molar-refractivity contribution in [1.82, 2.24) is 10.2 Å². The average Bonchev–Trinajstić information content (AvgIpc) is 2.39. The van der Waals surface area contributed by atoms with Crippen LogP contribution >= 0.6 is 0 Å². The van der Waals surface area contributed by atoms with Crippen molar-refractivity contribution in [2.45, 2.75) is 70.9 Å². The Morgan fingerprint density at radius 1 is 1.33 bits per heavy atom. The zero-order valence-electron chi connectivity index (χ0n) is 12.0. The number of nitrogens with one attached hydrogen (secondary N) is 1. The number of amides is 1. The van der Waals surface area contributed by atoms with Crippen molar-refractivity contribution < 1.29 is 4.79 Å². The molecule has 0 spiro atoms. The lowest BCUT2D eigenvalue weighted by molar-refractivity contribution is -0.140. The molecule has 0 saturated carbocycles. The molecule has 1 amide bonds. The van der Waals surface area contributed by atoms with Gasteiger partial charge in [-0.3, -0.25) is 4.79 Å². The largest absolute Gasteiger partial charge is 0.339 e. The van der Waals surface area contributed by atoms with Crippen LogP contribution in [0.2, 0.25) is 0 Å². The standard InChI is InChI=1S/C15H28N2O/c1-3-6-14-7-4-5-10-17(14)15(18)13-8-9-16-12(2)11-13/h12-14,16H,3-11H2,1-2H3. The molecule has 2 aliphatic rings. The van der Waals surface area contributed by atoms with E-state index < -0.39 is 0 Å². The minimum Gasteiger partial charge on any atom is -0.339 e. The van der Waals surface area contributed by atoms with Crippen LogP contribution in [0.1, 0.15) is 58.8 Å². The Morgan fingerprint density at radius 3 is 2.89 bits per heavy atom. The number of likely N-dealkylation sites (tertiary alicyclic amines) is 1. The fourth-order valence-electron chi connectivity index (χ4n) is 3.51. The fourth-order valence-corrected chi connectivity index (χ4v) is 3.51. The predicted octanol–water partition coefficient (Wildman–Crippen LogP) is 2.56. The van der Waals surface area contributed by atoms with Crippen LogP contribution in [0.15, 0.2) is 0 Å². The van der Waals surface area contributed by atoms with E-state index in [9.17, 15) is 4.79 Å². The molecule has 0 aromatic rings. The summed E-state index contributed by atoms with van der Waals surface area (Å²) in [6.07, 6.45) is 8.15. The molecule has 2 fully saturated rings. The molecule has 0 bridgehead atoms. The molecule has 0 aromatic heterocycles. The molecular weight excluding hydrogens is 224 g/mol. The lowest BCUT2D eigenvalue weighted by atomic mass is 9.89. The first-order valence-electron chi connectivity index (χ1n) is 7.76. The lowest BCUT2D eigenvalue weighted by Gasteiger charge is -2.39. The number of carbonyl (C=O) groups excluding carboxylic acids is 1. The second kappa shape index (κ2) is 6.55. The highest BCUT2D eigenvalue weighted by Gasteiger charge is 2.32. The van der Waals surface area contributed by atoms with Gasteiger partial charge in [-0.1, -0.05) is 13.3 Å². The molecule has 0 aromatic carbocycles. The van der Waals surface area contributed by atoms with E-state index in [1.54, 1.807) is 0 Å². The molecule has 2 rings (SSSR count). The first-order valence-corrected chi connectivity index (χ1v) is 7.76. The SMILES string of the molecule is CCCC1CCCCN1C(=O)C1CCNC(C)C1. The summed E-state index contributed by atoms with van der Waals surface area (Å²) in [7, 11) is 0. The Balaban J connectivity index is 1.96. The summed E-state index contributed by atoms with van der Waals surface area (Å²) in [6.45, 7) is 6.43. The van der Waals surface area contributed by atoms with E-state index in [-0.39, 0.29) is 5.92 Å². The van der Waals surface area contributed by atoms with Gasteiger partial charge < -0.3 is 10.2 Å². The average molecular weight is 252 g/mol. The van der Waals surface area contributed by atoms with Crippen LogP contribution in [0.5, 0.6) is 0 Å². The molecular formula is C15H28N2O. The van der Waals surface area contributed by atoms with Crippen LogP contribution in [-0.4, -0.2) is 36.0 Å². The van der Waals surface area contributed by atoms with Crippen molar-refractivity contribution >= 4 is 5.91 Å². The van der Waals surface area contributed by atoms with Gasteiger partial charge in [-0.15, -0.1) is 0 Å². The van der Waals surface area contributed by atoms with Gasteiger partial charge in [0.25, 0.3) is 0 Å². The lowest BCUT2D eigenvalue weighted by Crippen LogP contribution is -2.49. The van der Waals surface area contributed by atoms with Crippen LogP contribution in [-0.2, 0) is 4.79 Å². The summed E-state index contributed by atoms with van der Waals surface area (Å²) in [5, 5.41) is 3.44. The Kier molecular flexibility index (Phi) is 5.04. The Hall–Kier alpha value is -0.570. The van der Waals surface area contributed by atoms with Gasteiger partial charge in [-0.25, -0.2) is 0 Å². The highest BCUT2D eigenvalue weighted by atomic mass is 16.2. The van der Waals surface area contributed by atoms with Gasteiger partial charge in [-0.2, -0.15) is 0 Å². The molecule has 1 N–H and O–H groups in total. The number of piperidine rings is 2. The van der Waals surface area contributed by atoms with E-state index in [1.807, 2.05) is 0 Å². The quantitative estimate of drug-likeness (QED) is 0.837. The van der Waals surface area contributed by atoms with Crippen molar-refractivity contribution in [3.63, 3.8) is 0 Å². The van der Waals surface area contributed by atoms with Gasteiger partial charge >= 0.3 is 0 Å². The fraction of sp³-hybridized carbons (Fsp3) is 0.933. The van der Waals surface area contributed by atoms with Crippen molar-refractivity contribution in [3.05, 3.63) is 0 Å². The Morgan fingerprint density at radius 2 is 2.17 bits per heavy atom. The number of nitrogens with zero attached hydrogens (tertiary/aromatic N) is 1. The molecule has 3 unspecified atom stereocenters. The maximum Gasteiger partial charge on any atom is 0.226 e. The third-order valence-corrected chi connectivity index (χ3v) is 4.51. The van der Waals surface area contributed by atoms with E-state index in [2.05, 4.69) is 24.1 Å². The predicted molar refractivity (Wildman–Crippen MR) is 74.4 cm³/mol. The first-order chi connectivity index (χ1) is 8.72. The topological polar surface area (TPSA) is 32.3 Å². The Bertz CT molecular complexity index is 278. The van der Waals surface area contributed by atoms with Crippen molar-refractivity contribution in [2.75, 3.05) is 13.1 Å². The number of carbonyl (C=O) groups is 1. The van der Waals surface area contributed by atoms with Crippen LogP contribution in [0.4, 0.5) is 0 Å². The number of hydrogen-bond acceptors (Lipinski definition) is 2. The Labute approximate surface area is 111 Å². The minimum absolute atomic E-state index is 0.277. The molecule has 3 atom stereocenters. The molecule has 2 heterocycles. The van der Waals surface area contributed by atoms with Crippen molar-refractivity contribution in [3.8, 4) is 0 Å². The maximum absolute atomic E-state index is 12.7. The third kappa shape index (κ3) is 3.25. The number of hydrogen-bond donors (Lipinski definition) is 1. The summed E-state index contributed by atoms with van der Waals surface area (Å²) < 4.78 is 0. The molecule has 2 aliphatic heterocycles. The van der Waals surface area contributed by atoms with Gasteiger partial charge in [-0.05, 0) is 52.0 Å². The minimum atomic E-state index is 0.277. The van der Waals surface area contributed by atoms with E-state index >= 15 is 0 Å². The molecule has 18 heavy (non-hydrogen) atoms. The van der Waals surface area contributed by atoms with Crippen LogP contribution in [0.3, 0.4) is 0 Å². The second-order valence-corrected chi connectivity index (χ2v) is 6.05. The highest BCUT2D eigenvalue weighted by molar-refractivity contribution is 5.79. The summed E-state index contributed by atoms with van der Waals surface area (Å²) in [5.41, 5.74) is 0. The third-order valence-electron chi connectivity index (χ3n) is 4.51. The van der Waals surface area contributed by atoms with Gasteiger partial charge in [0.05, 0.1) is 0 Å². The summed E-state index contributed by atoms with van der Waals surface area (Å²) >= 11 is 0. The molecule has 0 aliphatic carbocycles. The molecule has 3 heteroatoms. The van der Waals surface area contributed by atoms with Crippen LogP contribution in [0, 0.1) is 5.92 Å². The highest BCUT2D eigenvalue weighted by Crippen LogP contribution is 2.26. The first kappa shape index (κ1) is 13.9. The zero-order chi connectivity index (χ0) is 13.0. The van der Waals surface area contributed by atoms with Gasteiger partial charge in [0.15, 0.2) is 0 Å². The molecule has 3 nitrogen and oxygen atoms in total. The second-order valence-electron chi connectivity index (χ2n) is 6.05. The molecule has 0 radical (unpaired) electrons. The summed E-state index contributed by atoms with van der Waals surface area (Å²) in [5.74, 6) is 0.722. The van der Waals surface area contributed by atoms with Gasteiger partial charge in [0, 0.05) is 24.5 Å². The molecule has 104 valence electrons. The number of rotatable bonds is 3. The van der Waals surface area contributed by atoms with Crippen LogP contribution in [0.25, 0.3) is 0 Å². The zero-order valence-corrected chi connectivity index (χ0v) is 12.0. The van der Waals surface area contributed by atoms with E-state index in [0.29, 0.717) is 18.0 Å².